The number of aromatic nitrogens is 2. The smallest absolute Gasteiger partial charge is 0.306 e. The number of unbranched alkanes of at least 4 members (excludes halogenated alkanes) is 1. The third-order valence-corrected chi connectivity index (χ3v) is 6.04. The number of esters is 1. The molecule has 35 heavy (non-hydrogen) atoms. The molecule has 0 aliphatic heterocycles. The molecular formula is C26H30ClN3O5. The van der Waals surface area contributed by atoms with Gasteiger partial charge in [-0.05, 0) is 44.0 Å². The van der Waals surface area contributed by atoms with Crippen LogP contribution in [0.2, 0.25) is 5.02 Å². The van der Waals surface area contributed by atoms with E-state index in [9.17, 15) is 14.4 Å². The fourth-order valence-electron chi connectivity index (χ4n) is 3.64. The highest BCUT2D eigenvalue weighted by Gasteiger charge is 2.21. The molecule has 186 valence electrons. The fourth-order valence-corrected chi connectivity index (χ4v) is 3.79. The molecule has 1 amide bonds. The van der Waals surface area contributed by atoms with Crippen LogP contribution in [0.4, 0.5) is 5.69 Å². The summed E-state index contributed by atoms with van der Waals surface area (Å²) in [6.45, 7) is 5.93. The molecule has 0 saturated heterocycles. The lowest BCUT2D eigenvalue weighted by atomic mass is 10.2. The number of anilines is 1. The lowest BCUT2D eigenvalue weighted by molar-refractivity contribution is -0.153. The molecule has 0 bridgehead atoms. The molecule has 8 nitrogen and oxygen atoms in total. The lowest BCUT2D eigenvalue weighted by Crippen LogP contribution is -2.31. The molecule has 0 aliphatic carbocycles. The van der Waals surface area contributed by atoms with Gasteiger partial charge >= 0.3 is 5.97 Å². The number of para-hydroxylation sites is 2. The second kappa shape index (κ2) is 11.8. The molecule has 0 radical (unpaired) electrons. The van der Waals surface area contributed by atoms with Crippen molar-refractivity contribution in [1.29, 1.82) is 0 Å². The number of methoxy groups -OCH3 is 1. The number of ether oxygens (including phenoxy) is 2. The maximum Gasteiger partial charge on any atom is 0.306 e. The van der Waals surface area contributed by atoms with E-state index in [0.29, 0.717) is 34.2 Å². The number of nitrogens with one attached hydrogen (secondary N) is 1. The summed E-state index contributed by atoms with van der Waals surface area (Å²) >= 11 is 6.10. The van der Waals surface area contributed by atoms with Gasteiger partial charge in [-0.1, -0.05) is 37.1 Å². The van der Waals surface area contributed by atoms with E-state index < -0.39 is 18.0 Å². The van der Waals surface area contributed by atoms with Crippen LogP contribution in [0, 0.1) is 6.92 Å². The van der Waals surface area contributed by atoms with Crippen LogP contribution in [-0.2, 0) is 27.3 Å². The van der Waals surface area contributed by atoms with Crippen LogP contribution in [0.25, 0.3) is 11.0 Å². The van der Waals surface area contributed by atoms with Crippen LogP contribution >= 0.6 is 11.6 Å². The zero-order valence-corrected chi connectivity index (χ0v) is 21.1. The van der Waals surface area contributed by atoms with E-state index in [0.717, 1.165) is 23.9 Å². The van der Waals surface area contributed by atoms with Crippen molar-refractivity contribution < 1.29 is 19.1 Å². The minimum Gasteiger partial charge on any atom is -0.495 e. The highest BCUT2D eigenvalue weighted by molar-refractivity contribution is 6.31. The predicted molar refractivity (Wildman–Crippen MR) is 136 cm³/mol. The van der Waals surface area contributed by atoms with Gasteiger partial charge in [-0.2, -0.15) is 0 Å². The molecule has 0 aliphatic rings. The van der Waals surface area contributed by atoms with E-state index in [4.69, 9.17) is 21.1 Å². The van der Waals surface area contributed by atoms with E-state index >= 15 is 0 Å². The Bertz CT molecular complexity index is 1290. The summed E-state index contributed by atoms with van der Waals surface area (Å²) in [5.41, 5.74) is 2.76. The van der Waals surface area contributed by atoms with Gasteiger partial charge in [0.25, 0.3) is 11.5 Å². The first-order valence-corrected chi connectivity index (χ1v) is 12.0. The second-order valence-electron chi connectivity index (χ2n) is 8.28. The number of carbonyl (C=O) groups excluding carboxylic acids is 2. The summed E-state index contributed by atoms with van der Waals surface area (Å²) in [5, 5.41) is 3.21. The van der Waals surface area contributed by atoms with Crippen molar-refractivity contribution in [2.45, 2.75) is 59.1 Å². The number of nitrogens with zero attached hydrogens (tertiary/aromatic N) is 2. The van der Waals surface area contributed by atoms with Crippen molar-refractivity contribution >= 4 is 40.2 Å². The molecule has 0 saturated carbocycles. The van der Waals surface area contributed by atoms with Gasteiger partial charge < -0.3 is 19.4 Å². The van der Waals surface area contributed by atoms with Gasteiger partial charge in [0, 0.05) is 24.1 Å². The number of carbonyl (C=O) groups is 2. The fraction of sp³-hybridized carbons (Fsp3) is 0.385. The monoisotopic (exact) mass is 499 g/mol. The number of aryl methyl sites for hydroxylation is 3. The zero-order valence-electron chi connectivity index (χ0n) is 20.4. The van der Waals surface area contributed by atoms with E-state index in [1.54, 1.807) is 23.6 Å². The predicted octanol–water partition coefficient (Wildman–Crippen LogP) is 4.67. The van der Waals surface area contributed by atoms with Gasteiger partial charge in [0.1, 0.15) is 11.4 Å². The van der Waals surface area contributed by atoms with E-state index in [2.05, 4.69) is 17.2 Å². The summed E-state index contributed by atoms with van der Waals surface area (Å²) in [4.78, 5) is 42.5. The normalized spacial score (nSPS) is 11.8. The molecule has 2 aromatic carbocycles. The molecule has 1 atom stereocenters. The van der Waals surface area contributed by atoms with Gasteiger partial charge in [-0.3, -0.25) is 14.4 Å². The summed E-state index contributed by atoms with van der Waals surface area (Å²) in [6.07, 6.45) is 0.809. The van der Waals surface area contributed by atoms with Gasteiger partial charge in [-0.15, -0.1) is 0 Å². The third-order valence-electron chi connectivity index (χ3n) is 5.64. The van der Waals surface area contributed by atoms with E-state index in [1.165, 1.54) is 14.0 Å². The molecule has 0 fully saturated rings. The van der Waals surface area contributed by atoms with Gasteiger partial charge in [-0.25, -0.2) is 4.98 Å². The first-order chi connectivity index (χ1) is 16.7. The Morgan fingerprint density at radius 2 is 1.97 bits per heavy atom. The highest BCUT2D eigenvalue weighted by atomic mass is 35.5. The second-order valence-corrected chi connectivity index (χ2v) is 8.69. The average molecular weight is 500 g/mol. The van der Waals surface area contributed by atoms with Gasteiger partial charge in [0.2, 0.25) is 0 Å². The topological polar surface area (TPSA) is 99.5 Å². The molecule has 1 unspecified atom stereocenters. The standard InChI is InChI=1S/C26H30ClN3O5/c1-5-6-13-30-22-10-8-7-9-19(22)28-20(26(30)33)11-12-24(31)35-17(3)25(32)29-21-14-16(2)18(27)15-23(21)34-4/h7-10,14-15,17H,5-6,11-13H2,1-4H3,(H,29,32). The van der Waals surface area contributed by atoms with E-state index in [-0.39, 0.29) is 18.4 Å². The molecule has 1 aromatic heterocycles. The number of benzene rings is 2. The third kappa shape index (κ3) is 6.39. The Balaban J connectivity index is 1.66. The minimum atomic E-state index is -1.05. The van der Waals surface area contributed by atoms with Gasteiger partial charge in [0.15, 0.2) is 6.10 Å². The van der Waals surface area contributed by atoms with Crippen molar-refractivity contribution in [2.24, 2.45) is 0 Å². The Kier molecular flexibility index (Phi) is 8.87. The van der Waals surface area contributed by atoms with Crippen LogP contribution in [0.15, 0.2) is 41.2 Å². The molecule has 1 N–H and O–H groups in total. The Hall–Kier alpha value is -3.39. The molecule has 9 heteroatoms. The minimum absolute atomic E-state index is 0.0741. The molecule has 1 heterocycles. The van der Waals surface area contributed by atoms with Crippen LogP contribution in [0.3, 0.4) is 0 Å². The summed E-state index contributed by atoms with van der Waals surface area (Å²) in [6, 6.07) is 10.7. The number of hydrogen-bond donors (Lipinski definition) is 1. The van der Waals surface area contributed by atoms with Crippen molar-refractivity contribution in [1.82, 2.24) is 9.55 Å². The molecule has 3 rings (SSSR count). The van der Waals surface area contributed by atoms with Crippen molar-refractivity contribution in [2.75, 3.05) is 12.4 Å². The highest BCUT2D eigenvalue weighted by Crippen LogP contribution is 2.31. The van der Waals surface area contributed by atoms with Gasteiger partial charge in [0.05, 0.1) is 30.3 Å². The van der Waals surface area contributed by atoms with Crippen LogP contribution in [0.5, 0.6) is 5.75 Å². The Labute approximate surface area is 209 Å². The SMILES string of the molecule is CCCCn1c(=O)c(CCC(=O)OC(C)C(=O)Nc2cc(C)c(Cl)cc2OC)nc2ccccc21. The van der Waals surface area contributed by atoms with Crippen molar-refractivity contribution in [3.63, 3.8) is 0 Å². The quantitative estimate of drug-likeness (QED) is 0.407. The summed E-state index contributed by atoms with van der Waals surface area (Å²) < 4.78 is 12.3. The van der Waals surface area contributed by atoms with Crippen LogP contribution < -0.4 is 15.6 Å². The lowest BCUT2D eigenvalue weighted by Gasteiger charge is -2.16. The maximum absolute atomic E-state index is 13.0. The van der Waals surface area contributed by atoms with Crippen LogP contribution in [-0.4, -0.2) is 34.6 Å². The number of rotatable bonds is 10. The maximum atomic E-state index is 13.0. The van der Waals surface area contributed by atoms with Crippen LogP contribution in [0.1, 0.15) is 44.4 Å². The summed E-state index contributed by atoms with van der Waals surface area (Å²) in [7, 11) is 1.47. The van der Waals surface area contributed by atoms with Crippen molar-refractivity contribution in [3.8, 4) is 5.75 Å². The summed E-state index contributed by atoms with van der Waals surface area (Å²) in [5.74, 6) is -0.709. The first-order valence-electron chi connectivity index (χ1n) is 11.6. The largest absolute Gasteiger partial charge is 0.495 e. The zero-order chi connectivity index (χ0) is 25.5. The molecular weight excluding hydrogens is 470 g/mol. The number of hydrogen-bond acceptors (Lipinski definition) is 6. The number of halogens is 1. The van der Waals surface area contributed by atoms with E-state index in [1.807, 2.05) is 24.3 Å². The number of fused-ring (bicyclic) bond motifs is 1. The Morgan fingerprint density at radius 3 is 2.69 bits per heavy atom. The number of amides is 1. The average Bonchev–Trinajstić information content (AvgIpc) is 2.84. The molecule has 0 spiro atoms. The Morgan fingerprint density at radius 1 is 1.23 bits per heavy atom. The van der Waals surface area contributed by atoms with Crippen molar-refractivity contribution in [3.05, 3.63) is 63.0 Å². The molecule has 3 aromatic rings. The first kappa shape index (κ1) is 26.2.